The third kappa shape index (κ3) is 4.50. The Hall–Kier alpha value is 0.0700. The van der Waals surface area contributed by atoms with E-state index in [-0.39, 0.29) is 12.0 Å². The van der Waals surface area contributed by atoms with Crippen LogP contribution in [0.1, 0.15) is 6.92 Å². The predicted octanol–water partition coefficient (Wildman–Crippen LogP) is 0.193. The summed E-state index contributed by atoms with van der Waals surface area (Å²) >= 11 is 6.95. The molecular weight excluding hydrogens is 186 g/mol. The molecular formula is C6H12ClNO2S. The van der Waals surface area contributed by atoms with Crippen molar-refractivity contribution in [2.24, 2.45) is 5.73 Å². The Labute approximate surface area is 75.3 Å². The van der Waals surface area contributed by atoms with Crippen LogP contribution in [-0.2, 0) is 4.79 Å². The summed E-state index contributed by atoms with van der Waals surface area (Å²) < 4.78 is 0. The first-order chi connectivity index (χ1) is 5.09. The van der Waals surface area contributed by atoms with Crippen LogP contribution in [0.15, 0.2) is 0 Å². The predicted molar refractivity (Wildman–Crippen MR) is 47.8 cm³/mol. The van der Waals surface area contributed by atoms with Gasteiger partial charge >= 0.3 is 0 Å². The number of thioether (sulfide) groups is 1. The van der Waals surface area contributed by atoms with Gasteiger partial charge in [-0.25, -0.2) is 0 Å². The van der Waals surface area contributed by atoms with Crippen molar-refractivity contribution in [1.29, 1.82) is 0 Å². The zero-order valence-electron chi connectivity index (χ0n) is 6.29. The Morgan fingerprint density at radius 1 is 1.82 bits per heavy atom. The minimum absolute atomic E-state index is 0.0397. The second kappa shape index (κ2) is 5.69. The van der Waals surface area contributed by atoms with Crippen LogP contribution in [0.5, 0.6) is 0 Å². The third-order valence-electron chi connectivity index (χ3n) is 1.09. The maximum Gasteiger partial charge on any atom is 0.232 e. The van der Waals surface area contributed by atoms with Crippen LogP contribution in [0.2, 0.25) is 0 Å². The van der Waals surface area contributed by atoms with Gasteiger partial charge in [0.15, 0.2) is 0 Å². The normalized spacial score (nSPS) is 15.9. The number of carbonyl (C=O) groups is 1. The third-order valence-corrected chi connectivity index (χ3v) is 2.91. The molecule has 3 nitrogen and oxygen atoms in total. The van der Waals surface area contributed by atoms with Crippen LogP contribution < -0.4 is 5.73 Å². The van der Waals surface area contributed by atoms with Crippen molar-refractivity contribution in [3.8, 4) is 0 Å². The second-order valence-corrected chi connectivity index (χ2v) is 4.03. The summed E-state index contributed by atoms with van der Waals surface area (Å²) in [6.45, 7) is 1.75. The molecule has 0 aromatic rings. The van der Waals surface area contributed by atoms with E-state index < -0.39 is 11.2 Å². The van der Waals surface area contributed by atoms with Crippen molar-refractivity contribution in [2.75, 3.05) is 12.4 Å². The van der Waals surface area contributed by atoms with Gasteiger partial charge in [-0.3, -0.25) is 4.79 Å². The fraction of sp³-hybridized carbons (Fsp3) is 0.833. The molecule has 2 atom stereocenters. The number of primary amides is 1. The largest absolute Gasteiger partial charge is 0.396 e. The van der Waals surface area contributed by atoms with Gasteiger partial charge in [-0.1, -0.05) is 0 Å². The maximum atomic E-state index is 10.7. The number of hydrogen-bond acceptors (Lipinski definition) is 3. The number of hydrogen-bond donors (Lipinski definition) is 2. The van der Waals surface area contributed by atoms with Crippen molar-refractivity contribution in [1.82, 2.24) is 0 Å². The highest BCUT2D eigenvalue weighted by Gasteiger charge is 2.20. The molecule has 11 heavy (non-hydrogen) atoms. The molecule has 66 valence electrons. The summed E-state index contributed by atoms with van der Waals surface area (Å²) in [5.74, 6) is 0.0657. The molecule has 0 bridgehead atoms. The van der Waals surface area contributed by atoms with Crippen LogP contribution in [-0.4, -0.2) is 34.0 Å². The van der Waals surface area contributed by atoms with Crippen LogP contribution in [0, 0.1) is 0 Å². The monoisotopic (exact) mass is 197 g/mol. The highest BCUT2D eigenvalue weighted by Crippen LogP contribution is 2.17. The van der Waals surface area contributed by atoms with Gasteiger partial charge in [0.1, 0.15) is 0 Å². The molecule has 2 unspecified atom stereocenters. The molecule has 0 saturated heterocycles. The van der Waals surface area contributed by atoms with E-state index >= 15 is 0 Å². The molecule has 0 aliphatic rings. The van der Waals surface area contributed by atoms with E-state index in [1.165, 1.54) is 11.8 Å². The first-order valence-electron chi connectivity index (χ1n) is 3.25. The molecule has 0 spiro atoms. The van der Waals surface area contributed by atoms with Gasteiger partial charge in [0.05, 0.1) is 17.2 Å². The van der Waals surface area contributed by atoms with E-state index in [4.69, 9.17) is 22.4 Å². The second-order valence-electron chi connectivity index (χ2n) is 2.09. The summed E-state index contributed by atoms with van der Waals surface area (Å²) in [7, 11) is 0. The molecule has 5 heteroatoms. The van der Waals surface area contributed by atoms with Gasteiger partial charge in [-0.15, -0.1) is 23.4 Å². The van der Waals surface area contributed by atoms with Crippen LogP contribution in [0.25, 0.3) is 0 Å². The Bertz CT molecular complexity index is 132. The SMILES string of the molecule is CC(Cl)C(SCCO)C(N)=O. The summed E-state index contributed by atoms with van der Waals surface area (Å²) in [6.07, 6.45) is 0. The number of aliphatic hydroxyl groups is 1. The Morgan fingerprint density at radius 3 is 2.64 bits per heavy atom. The number of nitrogens with two attached hydrogens (primary N) is 1. The molecule has 3 N–H and O–H groups in total. The van der Waals surface area contributed by atoms with Gasteiger partial charge in [0.25, 0.3) is 0 Å². The van der Waals surface area contributed by atoms with E-state index in [9.17, 15) is 4.79 Å². The number of amides is 1. The van der Waals surface area contributed by atoms with Crippen LogP contribution in [0.4, 0.5) is 0 Å². The fourth-order valence-corrected chi connectivity index (χ4v) is 1.75. The Balaban J connectivity index is 3.80. The van der Waals surface area contributed by atoms with Gasteiger partial charge in [-0.2, -0.15) is 0 Å². The highest BCUT2D eigenvalue weighted by molar-refractivity contribution is 8.00. The molecule has 0 radical (unpaired) electrons. The van der Waals surface area contributed by atoms with Crippen molar-refractivity contribution < 1.29 is 9.90 Å². The van der Waals surface area contributed by atoms with Crippen molar-refractivity contribution in [3.05, 3.63) is 0 Å². The molecule has 0 aromatic carbocycles. The molecule has 0 fully saturated rings. The summed E-state index contributed by atoms with van der Waals surface area (Å²) in [5, 5.41) is 7.78. The molecule has 0 heterocycles. The number of aliphatic hydroxyl groups excluding tert-OH is 1. The topological polar surface area (TPSA) is 63.3 Å². The number of halogens is 1. The maximum absolute atomic E-state index is 10.7. The molecule has 0 aromatic heterocycles. The van der Waals surface area contributed by atoms with E-state index in [2.05, 4.69) is 0 Å². The van der Waals surface area contributed by atoms with Crippen LogP contribution >= 0.6 is 23.4 Å². The first-order valence-corrected chi connectivity index (χ1v) is 4.74. The minimum Gasteiger partial charge on any atom is -0.396 e. The Kier molecular flexibility index (Phi) is 5.72. The molecule has 0 saturated carbocycles. The van der Waals surface area contributed by atoms with Gasteiger partial charge in [0, 0.05) is 5.75 Å². The first kappa shape index (κ1) is 11.1. The highest BCUT2D eigenvalue weighted by atomic mass is 35.5. The lowest BCUT2D eigenvalue weighted by Crippen LogP contribution is -2.32. The van der Waals surface area contributed by atoms with E-state index in [1.54, 1.807) is 6.92 Å². The smallest absolute Gasteiger partial charge is 0.232 e. The number of alkyl halides is 1. The molecule has 0 aliphatic heterocycles. The molecule has 1 amide bonds. The average molecular weight is 198 g/mol. The van der Waals surface area contributed by atoms with Crippen molar-refractivity contribution in [3.63, 3.8) is 0 Å². The number of carbonyl (C=O) groups excluding carboxylic acids is 1. The standard InChI is InChI=1S/C6H12ClNO2S/c1-4(7)5(6(8)10)11-3-2-9/h4-5,9H,2-3H2,1H3,(H2,8,10). The number of rotatable bonds is 5. The summed E-state index contributed by atoms with van der Waals surface area (Å²) in [4.78, 5) is 10.7. The molecule has 0 rings (SSSR count). The zero-order valence-corrected chi connectivity index (χ0v) is 7.86. The fourth-order valence-electron chi connectivity index (χ4n) is 0.621. The average Bonchev–Trinajstić information content (AvgIpc) is 1.87. The summed E-state index contributed by atoms with van der Waals surface area (Å²) in [6, 6.07) is 0. The Morgan fingerprint density at radius 2 is 2.36 bits per heavy atom. The lowest BCUT2D eigenvalue weighted by molar-refractivity contribution is -0.117. The zero-order chi connectivity index (χ0) is 8.85. The van der Waals surface area contributed by atoms with Gasteiger partial charge in [0.2, 0.25) is 5.91 Å². The minimum atomic E-state index is -0.425. The quantitative estimate of drug-likeness (QED) is 0.619. The van der Waals surface area contributed by atoms with Crippen molar-refractivity contribution in [2.45, 2.75) is 17.6 Å². The van der Waals surface area contributed by atoms with Crippen LogP contribution in [0.3, 0.4) is 0 Å². The summed E-state index contributed by atoms with van der Waals surface area (Å²) in [5.41, 5.74) is 5.05. The van der Waals surface area contributed by atoms with E-state index in [0.717, 1.165) is 0 Å². The molecule has 0 aliphatic carbocycles. The van der Waals surface area contributed by atoms with Crippen molar-refractivity contribution >= 4 is 29.3 Å². The van der Waals surface area contributed by atoms with Gasteiger partial charge in [-0.05, 0) is 6.92 Å². The lowest BCUT2D eigenvalue weighted by Gasteiger charge is -2.13. The lowest BCUT2D eigenvalue weighted by atomic mass is 10.3. The van der Waals surface area contributed by atoms with E-state index in [0.29, 0.717) is 5.75 Å². The van der Waals surface area contributed by atoms with Gasteiger partial charge < -0.3 is 10.8 Å². The van der Waals surface area contributed by atoms with E-state index in [1.807, 2.05) is 0 Å².